The molecule has 3 rings (SSSR count). The Bertz CT molecular complexity index is 866. The summed E-state index contributed by atoms with van der Waals surface area (Å²) in [5, 5.41) is 14.4. The van der Waals surface area contributed by atoms with E-state index in [4.69, 9.17) is 4.74 Å². The number of aryl methyl sites for hydroxylation is 1. The van der Waals surface area contributed by atoms with Crippen LogP contribution in [0.4, 0.5) is 10.1 Å². The number of nitrogens with one attached hydrogen (secondary N) is 1. The zero-order valence-electron chi connectivity index (χ0n) is 13.5. The van der Waals surface area contributed by atoms with E-state index in [1.54, 1.807) is 6.92 Å². The number of aromatic nitrogens is 4. The molecule has 1 amide bonds. The second-order valence-corrected chi connectivity index (χ2v) is 5.35. The maximum absolute atomic E-state index is 13.1. The van der Waals surface area contributed by atoms with Gasteiger partial charge in [-0.15, -0.1) is 10.2 Å². The van der Waals surface area contributed by atoms with Gasteiger partial charge < -0.3 is 10.1 Å². The average molecular weight is 341 g/mol. The number of hydrogen-bond acceptors (Lipinski definition) is 5. The Hall–Kier alpha value is -3.29. The molecule has 0 bridgehead atoms. The van der Waals surface area contributed by atoms with Crippen LogP contribution in [-0.2, 0) is 17.9 Å². The molecular formula is C17H16FN5O2. The monoisotopic (exact) mass is 341 g/mol. The lowest BCUT2D eigenvalue weighted by Gasteiger charge is -2.07. The van der Waals surface area contributed by atoms with Crippen molar-refractivity contribution in [2.75, 3.05) is 5.32 Å². The van der Waals surface area contributed by atoms with Crippen LogP contribution in [0.15, 0.2) is 48.5 Å². The zero-order valence-corrected chi connectivity index (χ0v) is 13.5. The summed E-state index contributed by atoms with van der Waals surface area (Å²) >= 11 is 0. The predicted octanol–water partition coefficient (Wildman–Crippen LogP) is 2.34. The van der Waals surface area contributed by atoms with Crippen molar-refractivity contribution < 1.29 is 13.9 Å². The van der Waals surface area contributed by atoms with Gasteiger partial charge >= 0.3 is 0 Å². The number of carbonyl (C=O) groups is 1. The molecule has 25 heavy (non-hydrogen) atoms. The van der Waals surface area contributed by atoms with Gasteiger partial charge in [-0.25, -0.2) is 4.39 Å². The Morgan fingerprint density at radius 1 is 1.24 bits per heavy atom. The number of ether oxygens (including phenoxy) is 1. The van der Waals surface area contributed by atoms with E-state index < -0.39 is 0 Å². The van der Waals surface area contributed by atoms with Gasteiger partial charge in [-0.05, 0) is 48.0 Å². The van der Waals surface area contributed by atoms with Crippen LogP contribution in [0.3, 0.4) is 0 Å². The molecule has 0 aliphatic heterocycles. The molecule has 0 saturated carbocycles. The van der Waals surface area contributed by atoms with E-state index in [2.05, 4.69) is 20.7 Å². The van der Waals surface area contributed by atoms with E-state index >= 15 is 0 Å². The lowest BCUT2D eigenvalue weighted by molar-refractivity contribution is -0.117. The molecule has 0 unspecified atom stereocenters. The molecule has 0 radical (unpaired) electrons. The molecule has 0 saturated heterocycles. The summed E-state index contributed by atoms with van der Waals surface area (Å²) in [5.74, 6) is 0.386. The van der Waals surface area contributed by atoms with Crippen molar-refractivity contribution in [1.82, 2.24) is 20.2 Å². The highest BCUT2D eigenvalue weighted by Gasteiger charge is 2.10. The van der Waals surface area contributed by atoms with Crippen LogP contribution < -0.4 is 10.1 Å². The molecule has 7 nitrogen and oxygen atoms in total. The van der Waals surface area contributed by atoms with Crippen molar-refractivity contribution in [3.8, 4) is 5.75 Å². The molecule has 0 aliphatic carbocycles. The molecule has 0 spiro atoms. The lowest BCUT2D eigenvalue weighted by Crippen LogP contribution is -2.21. The fourth-order valence-electron chi connectivity index (χ4n) is 2.15. The number of carbonyl (C=O) groups excluding carboxylic acids is 1. The minimum atomic E-state index is -0.350. The van der Waals surface area contributed by atoms with Crippen molar-refractivity contribution in [3.63, 3.8) is 0 Å². The third-order valence-electron chi connectivity index (χ3n) is 3.35. The molecule has 1 aromatic heterocycles. The number of benzene rings is 2. The molecule has 0 fully saturated rings. The summed E-state index contributed by atoms with van der Waals surface area (Å²) in [6, 6.07) is 13.4. The summed E-state index contributed by atoms with van der Waals surface area (Å²) in [7, 11) is 0. The standard InChI is InChI=1S/C17H16FN5O2/c1-12-9-13(18)7-8-15(12)19-17(24)10-23-21-16(20-22-23)11-25-14-5-3-2-4-6-14/h2-9H,10-11H2,1H3,(H,19,24). The molecule has 2 aromatic carbocycles. The van der Waals surface area contributed by atoms with Crippen LogP contribution >= 0.6 is 0 Å². The molecule has 3 aromatic rings. The van der Waals surface area contributed by atoms with Crippen molar-refractivity contribution in [2.45, 2.75) is 20.1 Å². The van der Waals surface area contributed by atoms with Crippen LogP contribution in [0.5, 0.6) is 5.75 Å². The number of rotatable bonds is 6. The Morgan fingerprint density at radius 3 is 2.80 bits per heavy atom. The van der Waals surface area contributed by atoms with Gasteiger partial charge in [0.25, 0.3) is 0 Å². The van der Waals surface area contributed by atoms with Crippen LogP contribution in [0.2, 0.25) is 0 Å². The third-order valence-corrected chi connectivity index (χ3v) is 3.35. The maximum atomic E-state index is 13.1. The van der Waals surface area contributed by atoms with E-state index in [0.29, 0.717) is 22.8 Å². The Kier molecular flexibility index (Phi) is 4.98. The Morgan fingerprint density at radius 2 is 2.04 bits per heavy atom. The summed E-state index contributed by atoms with van der Waals surface area (Å²) in [5.41, 5.74) is 1.18. The zero-order chi connectivity index (χ0) is 17.6. The molecule has 0 atom stereocenters. The minimum absolute atomic E-state index is 0.102. The topological polar surface area (TPSA) is 81.9 Å². The van der Waals surface area contributed by atoms with E-state index in [1.807, 2.05) is 30.3 Å². The highest BCUT2D eigenvalue weighted by atomic mass is 19.1. The van der Waals surface area contributed by atoms with Gasteiger partial charge in [0.15, 0.2) is 6.61 Å². The van der Waals surface area contributed by atoms with Gasteiger partial charge in [-0.1, -0.05) is 18.2 Å². The number of anilines is 1. The second-order valence-electron chi connectivity index (χ2n) is 5.35. The smallest absolute Gasteiger partial charge is 0.248 e. The van der Waals surface area contributed by atoms with Crippen LogP contribution in [0, 0.1) is 12.7 Å². The number of para-hydroxylation sites is 1. The number of hydrogen-bond donors (Lipinski definition) is 1. The van der Waals surface area contributed by atoms with Crippen molar-refractivity contribution in [2.24, 2.45) is 0 Å². The quantitative estimate of drug-likeness (QED) is 0.744. The second kappa shape index (κ2) is 7.52. The first-order chi connectivity index (χ1) is 12.1. The molecule has 0 aliphatic rings. The molecular weight excluding hydrogens is 325 g/mol. The van der Waals surface area contributed by atoms with E-state index in [0.717, 1.165) is 0 Å². The van der Waals surface area contributed by atoms with Gasteiger partial charge in [-0.2, -0.15) is 4.80 Å². The van der Waals surface area contributed by atoms with Crippen LogP contribution in [0.25, 0.3) is 0 Å². The first-order valence-corrected chi connectivity index (χ1v) is 7.61. The molecule has 8 heteroatoms. The number of nitrogens with zero attached hydrogens (tertiary/aromatic N) is 4. The number of tetrazole rings is 1. The highest BCUT2D eigenvalue weighted by molar-refractivity contribution is 5.91. The lowest BCUT2D eigenvalue weighted by atomic mass is 10.2. The third kappa shape index (κ3) is 4.60. The largest absolute Gasteiger partial charge is 0.485 e. The number of halogens is 1. The highest BCUT2D eigenvalue weighted by Crippen LogP contribution is 2.15. The summed E-state index contributed by atoms with van der Waals surface area (Å²) < 4.78 is 18.6. The first kappa shape index (κ1) is 16.6. The Labute approximate surface area is 143 Å². The molecule has 1 heterocycles. The summed E-state index contributed by atoms with van der Waals surface area (Å²) in [6.07, 6.45) is 0. The number of amides is 1. The molecule has 128 valence electrons. The normalized spacial score (nSPS) is 10.5. The van der Waals surface area contributed by atoms with Gasteiger partial charge in [0.1, 0.15) is 18.1 Å². The van der Waals surface area contributed by atoms with Crippen LogP contribution in [0.1, 0.15) is 11.4 Å². The SMILES string of the molecule is Cc1cc(F)ccc1NC(=O)Cn1nnc(COc2ccccc2)n1. The van der Waals surface area contributed by atoms with E-state index in [1.165, 1.54) is 23.0 Å². The van der Waals surface area contributed by atoms with Gasteiger partial charge in [0, 0.05) is 5.69 Å². The fraction of sp³-hybridized carbons (Fsp3) is 0.176. The first-order valence-electron chi connectivity index (χ1n) is 7.61. The summed E-state index contributed by atoms with van der Waals surface area (Å²) in [4.78, 5) is 13.2. The van der Waals surface area contributed by atoms with Gasteiger partial charge in [-0.3, -0.25) is 4.79 Å². The van der Waals surface area contributed by atoms with Crippen molar-refractivity contribution in [1.29, 1.82) is 0 Å². The predicted molar refractivity (Wildman–Crippen MR) is 88.4 cm³/mol. The van der Waals surface area contributed by atoms with E-state index in [9.17, 15) is 9.18 Å². The Balaban J connectivity index is 1.54. The molecule has 1 N–H and O–H groups in total. The van der Waals surface area contributed by atoms with Crippen LogP contribution in [-0.4, -0.2) is 26.1 Å². The maximum Gasteiger partial charge on any atom is 0.248 e. The van der Waals surface area contributed by atoms with Gasteiger partial charge in [0.2, 0.25) is 11.7 Å². The van der Waals surface area contributed by atoms with Gasteiger partial charge in [0.05, 0.1) is 0 Å². The average Bonchev–Trinajstić information content (AvgIpc) is 3.04. The van der Waals surface area contributed by atoms with Crippen molar-refractivity contribution >= 4 is 11.6 Å². The minimum Gasteiger partial charge on any atom is -0.485 e. The summed E-state index contributed by atoms with van der Waals surface area (Å²) in [6.45, 7) is 1.77. The van der Waals surface area contributed by atoms with E-state index in [-0.39, 0.29) is 24.9 Å². The van der Waals surface area contributed by atoms with Crippen molar-refractivity contribution in [3.05, 3.63) is 65.7 Å². The fourth-order valence-corrected chi connectivity index (χ4v) is 2.15.